The van der Waals surface area contributed by atoms with Gasteiger partial charge in [-0.3, -0.25) is 14.6 Å². The lowest BCUT2D eigenvalue weighted by Gasteiger charge is -2.50. The van der Waals surface area contributed by atoms with E-state index in [1.807, 2.05) is 60.4 Å². The van der Waals surface area contributed by atoms with E-state index in [1.54, 1.807) is 17.0 Å². The van der Waals surface area contributed by atoms with Gasteiger partial charge in [0.05, 0.1) is 6.04 Å². The Morgan fingerprint density at radius 2 is 1.72 bits per heavy atom. The second kappa shape index (κ2) is 9.20. The van der Waals surface area contributed by atoms with Crippen LogP contribution in [0.5, 0.6) is 17.2 Å². The molecular weight excluding hydrogens is 496 g/mol. The van der Waals surface area contributed by atoms with Gasteiger partial charge in [-0.15, -0.1) is 0 Å². The molecule has 2 atom stereocenters. The van der Waals surface area contributed by atoms with Crippen molar-refractivity contribution in [3.8, 4) is 17.2 Å². The number of fused-ring (bicyclic) bond motifs is 5. The van der Waals surface area contributed by atoms with Gasteiger partial charge in [0.25, 0.3) is 5.91 Å². The van der Waals surface area contributed by atoms with Crippen molar-refractivity contribution in [3.63, 3.8) is 0 Å². The lowest BCUT2D eigenvalue weighted by molar-refractivity contribution is 0.0379. The Morgan fingerprint density at radius 1 is 0.949 bits per heavy atom. The molecular formula is C30H30N4O5. The molecule has 200 valence electrons. The predicted molar refractivity (Wildman–Crippen MR) is 144 cm³/mol. The second-order valence-corrected chi connectivity index (χ2v) is 10.7. The van der Waals surface area contributed by atoms with E-state index < -0.39 is 5.72 Å². The molecule has 1 N–H and O–H groups in total. The zero-order chi connectivity index (χ0) is 26.6. The molecule has 9 heteroatoms. The Balaban J connectivity index is 1.00. The number of hydrogen-bond donors (Lipinski definition) is 1. The zero-order valence-corrected chi connectivity index (χ0v) is 21.8. The van der Waals surface area contributed by atoms with Crippen LogP contribution in [0.3, 0.4) is 0 Å². The summed E-state index contributed by atoms with van der Waals surface area (Å²) < 4.78 is 17.2. The van der Waals surface area contributed by atoms with Crippen LogP contribution in [0.25, 0.3) is 0 Å². The minimum atomic E-state index is -0.818. The van der Waals surface area contributed by atoms with Crippen LogP contribution >= 0.6 is 0 Å². The maximum atomic E-state index is 13.3. The average Bonchev–Trinajstić information content (AvgIpc) is 3.41. The third-order valence-electron chi connectivity index (χ3n) is 8.06. The van der Waals surface area contributed by atoms with Crippen LogP contribution in [0.2, 0.25) is 0 Å². The molecule has 4 aliphatic heterocycles. The highest BCUT2D eigenvalue weighted by atomic mass is 16.7. The number of nitrogens with zero attached hydrogens (tertiary/aromatic N) is 3. The van der Waals surface area contributed by atoms with Crippen molar-refractivity contribution in [2.45, 2.75) is 31.7 Å². The van der Waals surface area contributed by atoms with Crippen LogP contribution < -0.4 is 24.4 Å². The fourth-order valence-corrected chi connectivity index (χ4v) is 6.06. The molecule has 2 bridgehead atoms. The maximum Gasteiger partial charge on any atom is 0.325 e. The van der Waals surface area contributed by atoms with Crippen LogP contribution in [0.4, 0.5) is 10.5 Å². The van der Waals surface area contributed by atoms with Crippen molar-refractivity contribution in [1.29, 1.82) is 0 Å². The molecule has 2 fully saturated rings. The van der Waals surface area contributed by atoms with Gasteiger partial charge in [-0.05, 0) is 55.0 Å². The fourth-order valence-electron chi connectivity index (χ4n) is 6.06. The smallest absolute Gasteiger partial charge is 0.325 e. The number of para-hydroxylation sites is 1. The van der Waals surface area contributed by atoms with Crippen LogP contribution in [0, 0.1) is 0 Å². The first-order valence-corrected chi connectivity index (χ1v) is 13.4. The summed E-state index contributed by atoms with van der Waals surface area (Å²) >= 11 is 0. The molecule has 39 heavy (non-hydrogen) atoms. The fraction of sp³-hybridized carbons (Fsp3) is 0.333. The number of nitrogens with one attached hydrogen (secondary N) is 1. The van der Waals surface area contributed by atoms with Crippen LogP contribution in [-0.4, -0.2) is 60.4 Å². The summed E-state index contributed by atoms with van der Waals surface area (Å²) in [6.07, 6.45) is 0.632. The lowest BCUT2D eigenvalue weighted by Crippen LogP contribution is -2.65. The molecule has 4 aliphatic rings. The molecule has 2 saturated heterocycles. The average molecular weight is 527 g/mol. The van der Waals surface area contributed by atoms with E-state index >= 15 is 0 Å². The van der Waals surface area contributed by atoms with Gasteiger partial charge in [0.2, 0.25) is 6.79 Å². The molecule has 9 nitrogen and oxygen atoms in total. The van der Waals surface area contributed by atoms with Gasteiger partial charge in [-0.25, -0.2) is 4.79 Å². The number of benzene rings is 3. The summed E-state index contributed by atoms with van der Waals surface area (Å²) in [5.41, 5.74) is 2.65. The first-order valence-electron chi connectivity index (χ1n) is 13.4. The first-order chi connectivity index (χ1) is 19.0. The summed E-state index contributed by atoms with van der Waals surface area (Å²) in [5, 5.41) is 3.11. The highest BCUT2D eigenvalue weighted by Crippen LogP contribution is 2.45. The Bertz CT molecular complexity index is 1440. The third-order valence-corrected chi connectivity index (χ3v) is 8.06. The normalized spacial score (nSPS) is 23.6. The predicted octanol–water partition coefficient (Wildman–Crippen LogP) is 4.14. The van der Waals surface area contributed by atoms with E-state index in [0.717, 1.165) is 42.4 Å². The molecule has 0 unspecified atom stereocenters. The summed E-state index contributed by atoms with van der Waals surface area (Å²) in [6.45, 7) is 5.93. The molecule has 3 amide bonds. The zero-order valence-electron chi connectivity index (χ0n) is 21.8. The largest absolute Gasteiger partial charge is 0.467 e. The summed E-state index contributed by atoms with van der Waals surface area (Å²) in [7, 11) is 0. The Kier molecular flexibility index (Phi) is 5.62. The number of ether oxygens (including phenoxy) is 3. The van der Waals surface area contributed by atoms with Crippen molar-refractivity contribution in [1.82, 2.24) is 15.1 Å². The molecule has 7 rings (SSSR count). The van der Waals surface area contributed by atoms with Gasteiger partial charge in [0.15, 0.2) is 17.2 Å². The SMILES string of the molecule is C[C@@]12C[C@@H](NC(=O)N1c1ccc(C(=O)N3CCN(Cc4ccc5c(c4)OCO5)CC3)cc1)c1ccccc1O2. The molecule has 0 radical (unpaired) electrons. The summed E-state index contributed by atoms with van der Waals surface area (Å²) in [4.78, 5) is 32.3. The number of piperazine rings is 1. The number of hydrogen-bond acceptors (Lipinski definition) is 6. The van der Waals surface area contributed by atoms with E-state index in [-0.39, 0.29) is 24.8 Å². The highest BCUT2D eigenvalue weighted by Gasteiger charge is 2.49. The van der Waals surface area contributed by atoms with Crippen molar-refractivity contribution in [2.75, 3.05) is 37.9 Å². The van der Waals surface area contributed by atoms with Crippen LogP contribution in [0.15, 0.2) is 66.7 Å². The van der Waals surface area contributed by atoms with Gasteiger partial charge < -0.3 is 24.4 Å². The Labute approximate surface area is 226 Å². The van der Waals surface area contributed by atoms with Gasteiger partial charge in [0, 0.05) is 56.0 Å². The van der Waals surface area contributed by atoms with Gasteiger partial charge >= 0.3 is 6.03 Å². The van der Waals surface area contributed by atoms with Gasteiger partial charge in [-0.1, -0.05) is 24.3 Å². The van der Waals surface area contributed by atoms with Crippen LogP contribution in [0.1, 0.15) is 40.9 Å². The van der Waals surface area contributed by atoms with E-state index in [1.165, 1.54) is 5.56 Å². The monoisotopic (exact) mass is 526 g/mol. The molecule has 4 heterocycles. The Morgan fingerprint density at radius 3 is 2.54 bits per heavy atom. The quantitative estimate of drug-likeness (QED) is 0.550. The van der Waals surface area contributed by atoms with E-state index in [9.17, 15) is 9.59 Å². The van der Waals surface area contributed by atoms with Crippen LogP contribution in [-0.2, 0) is 6.54 Å². The first kappa shape index (κ1) is 23.8. The van der Waals surface area contributed by atoms with Crippen molar-refractivity contribution < 1.29 is 23.8 Å². The van der Waals surface area contributed by atoms with Gasteiger partial charge in [0.1, 0.15) is 5.75 Å². The van der Waals surface area contributed by atoms with Crippen molar-refractivity contribution in [2.24, 2.45) is 0 Å². The van der Waals surface area contributed by atoms with E-state index in [4.69, 9.17) is 14.2 Å². The number of urea groups is 1. The topological polar surface area (TPSA) is 83.6 Å². The maximum absolute atomic E-state index is 13.3. The number of amides is 3. The summed E-state index contributed by atoms with van der Waals surface area (Å²) in [5.74, 6) is 2.36. The third kappa shape index (κ3) is 4.23. The molecule has 0 aliphatic carbocycles. The summed E-state index contributed by atoms with van der Waals surface area (Å²) in [6, 6.07) is 20.8. The van der Waals surface area contributed by atoms with Crippen molar-refractivity contribution in [3.05, 3.63) is 83.4 Å². The lowest BCUT2D eigenvalue weighted by atomic mass is 9.90. The number of carbonyl (C=O) groups excluding carboxylic acids is 2. The Hall–Kier alpha value is -4.24. The second-order valence-electron chi connectivity index (χ2n) is 10.7. The molecule has 3 aromatic carbocycles. The molecule has 0 saturated carbocycles. The minimum absolute atomic E-state index is 0.00138. The number of carbonyl (C=O) groups is 2. The van der Waals surface area contributed by atoms with Gasteiger partial charge in [-0.2, -0.15) is 0 Å². The van der Waals surface area contributed by atoms with E-state index in [2.05, 4.69) is 16.3 Å². The molecule has 0 aromatic heterocycles. The minimum Gasteiger partial charge on any atom is -0.467 e. The number of rotatable bonds is 4. The molecule has 3 aromatic rings. The van der Waals surface area contributed by atoms with Crippen molar-refractivity contribution >= 4 is 17.6 Å². The standard InChI is InChI=1S/C30H30N4O5/c1-30-17-24(23-4-2-3-5-25(23)39-30)31-29(36)34(30)22-9-7-21(8-10-22)28(35)33-14-12-32(13-15-33)18-20-6-11-26-27(16-20)38-19-37-26/h2-11,16,24H,12-15,17-19H2,1H3,(H,31,36)/t24-,30-/m1/s1. The highest BCUT2D eigenvalue weighted by molar-refractivity contribution is 5.97. The van der Waals surface area contributed by atoms with E-state index in [0.29, 0.717) is 30.8 Å². The molecule has 0 spiro atoms. The number of anilines is 1.